The minimum Gasteiger partial charge on any atom is -0.457 e. The summed E-state index contributed by atoms with van der Waals surface area (Å²) in [6, 6.07) is 23.3. The molecule has 0 unspecified atom stereocenters. The lowest BCUT2D eigenvalue weighted by molar-refractivity contribution is 0.467. The van der Waals surface area contributed by atoms with Gasteiger partial charge in [-0.2, -0.15) is 0 Å². The number of aromatic nitrogens is 3. The molecule has 1 saturated carbocycles. The number of hydrogen-bond donors (Lipinski definition) is 0. The fraction of sp³-hybridized carbons (Fsp3) is 0.200. The van der Waals surface area contributed by atoms with Crippen molar-refractivity contribution in [3.63, 3.8) is 0 Å². The first kappa shape index (κ1) is 19.6. The van der Waals surface area contributed by atoms with Crippen LogP contribution in [0.15, 0.2) is 77.6 Å². The average Bonchev–Trinajstić information content (AvgIpc) is 3.56. The van der Waals surface area contributed by atoms with E-state index in [4.69, 9.17) is 21.4 Å². The van der Waals surface area contributed by atoms with Crippen LogP contribution in [0.25, 0.3) is 11.4 Å². The van der Waals surface area contributed by atoms with Crippen molar-refractivity contribution in [1.82, 2.24) is 14.3 Å². The SMILES string of the molecule is Cc1ccccc1Oc1ccccc1Cn1nc(-c2ccc(Cl)cc2)n(C2CC2)c1=O. The van der Waals surface area contributed by atoms with E-state index in [9.17, 15) is 4.79 Å². The number of aryl methyl sites for hydroxylation is 1. The summed E-state index contributed by atoms with van der Waals surface area (Å²) in [5, 5.41) is 5.36. The second-order valence-corrected chi connectivity index (χ2v) is 8.28. The van der Waals surface area contributed by atoms with Crippen molar-refractivity contribution in [1.29, 1.82) is 0 Å². The van der Waals surface area contributed by atoms with Crippen LogP contribution in [-0.4, -0.2) is 14.3 Å². The molecule has 4 aromatic rings. The third-order valence-corrected chi connectivity index (χ3v) is 5.74. The normalized spacial score (nSPS) is 13.4. The highest BCUT2D eigenvalue weighted by molar-refractivity contribution is 6.30. The summed E-state index contributed by atoms with van der Waals surface area (Å²) < 4.78 is 9.53. The number of para-hydroxylation sites is 2. The van der Waals surface area contributed by atoms with Crippen LogP contribution in [0.1, 0.15) is 30.0 Å². The van der Waals surface area contributed by atoms with Crippen LogP contribution >= 0.6 is 11.6 Å². The lowest BCUT2D eigenvalue weighted by Gasteiger charge is -2.12. The van der Waals surface area contributed by atoms with Gasteiger partial charge < -0.3 is 4.74 Å². The van der Waals surface area contributed by atoms with Crippen LogP contribution in [0.5, 0.6) is 11.5 Å². The summed E-state index contributed by atoms with van der Waals surface area (Å²) in [7, 11) is 0. The quantitative estimate of drug-likeness (QED) is 0.384. The molecule has 1 aliphatic carbocycles. The summed E-state index contributed by atoms with van der Waals surface area (Å²) in [5.74, 6) is 2.20. The van der Waals surface area contributed by atoms with Crippen LogP contribution in [0.2, 0.25) is 5.02 Å². The van der Waals surface area contributed by atoms with Crippen molar-refractivity contribution in [2.24, 2.45) is 0 Å². The van der Waals surface area contributed by atoms with E-state index < -0.39 is 0 Å². The smallest absolute Gasteiger partial charge is 0.346 e. The van der Waals surface area contributed by atoms with E-state index >= 15 is 0 Å². The van der Waals surface area contributed by atoms with Gasteiger partial charge in [0.1, 0.15) is 11.5 Å². The third kappa shape index (κ3) is 4.01. The van der Waals surface area contributed by atoms with Crippen molar-refractivity contribution in [3.05, 3.63) is 99.4 Å². The van der Waals surface area contributed by atoms with Gasteiger partial charge >= 0.3 is 5.69 Å². The number of hydrogen-bond acceptors (Lipinski definition) is 3. The summed E-state index contributed by atoms with van der Waals surface area (Å²) in [6.07, 6.45) is 2.00. The molecule has 1 heterocycles. The Balaban J connectivity index is 1.51. The molecule has 0 aliphatic heterocycles. The van der Waals surface area contributed by atoms with E-state index in [-0.39, 0.29) is 11.7 Å². The highest BCUT2D eigenvalue weighted by Crippen LogP contribution is 2.37. The predicted octanol–water partition coefficient (Wildman–Crippen LogP) is 5.85. The standard InChI is InChI=1S/C25H22ClN3O2/c1-17-6-2-4-8-22(17)31-23-9-5-3-7-19(23)16-28-25(30)29(21-14-15-21)24(27-28)18-10-12-20(26)13-11-18/h2-13,21H,14-16H2,1H3. The van der Waals surface area contributed by atoms with Crippen molar-refractivity contribution < 1.29 is 4.74 Å². The van der Waals surface area contributed by atoms with Gasteiger partial charge in [0.25, 0.3) is 0 Å². The van der Waals surface area contributed by atoms with Crippen LogP contribution in [0.4, 0.5) is 0 Å². The Labute approximate surface area is 185 Å². The molecule has 3 aromatic carbocycles. The molecule has 0 atom stereocenters. The first-order chi connectivity index (χ1) is 15.1. The lowest BCUT2D eigenvalue weighted by Crippen LogP contribution is -2.25. The highest BCUT2D eigenvalue weighted by atomic mass is 35.5. The minimum atomic E-state index is -0.0989. The molecule has 6 heteroatoms. The molecule has 1 fully saturated rings. The van der Waals surface area contributed by atoms with Gasteiger partial charge in [-0.05, 0) is 61.7 Å². The van der Waals surface area contributed by atoms with Crippen LogP contribution < -0.4 is 10.4 Å². The summed E-state index contributed by atoms with van der Waals surface area (Å²) in [6.45, 7) is 2.35. The maximum atomic E-state index is 13.2. The molecule has 5 nitrogen and oxygen atoms in total. The number of ether oxygens (including phenoxy) is 1. The van der Waals surface area contributed by atoms with E-state index in [1.807, 2.05) is 84.3 Å². The Bertz CT molecular complexity index is 1290. The predicted molar refractivity (Wildman–Crippen MR) is 122 cm³/mol. The Kier molecular flexibility index (Phi) is 5.12. The fourth-order valence-corrected chi connectivity index (χ4v) is 3.79. The van der Waals surface area contributed by atoms with Crippen molar-refractivity contribution in [2.75, 3.05) is 0 Å². The number of benzene rings is 3. The first-order valence-electron chi connectivity index (χ1n) is 10.4. The molecule has 1 aromatic heterocycles. The van der Waals surface area contributed by atoms with Crippen molar-refractivity contribution >= 4 is 11.6 Å². The monoisotopic (exact) mass is 431 g/mol. The zero-order chi connectivity index (χ0) is 21.4. The molecular formula is C25H22ClN3O2. The van der Waals surface area contributed by atoms with E-state index in [0.29, 0.717) is 17.4 Å². The number of rotatable bonds is 6. The zero-order valence-corrected chi connectivity index (χ0v) is 17.9. The molecule has 5 rings (SSSR count). The third-order valence-electron chi connectivity index (χ3n) is 5.49. The summed E-state index contributed by atoms with van der Waals surface area (Å²) >= 11 is 6.04. The Morgan fingerprint density at radius 2 is 1.65 bits per heavy atom. The Morgan fingerprint density at radius 1 is 0.968 bits per heavy atom. The Morgan fingerprint density at radius 3 is 2.35 bits per heavy atom. The Hall–Kier alpha value is -3.31. The largest absolute Gasteiger partial charge is 0.457 e. The second kappa shape index (κ2) is 8.08. The zero-order valence-electron chi connectivity index (χ0n) is 17.2. The maximum absolute atomic E-state index is 13.2. The van der Waals surface area contributed by atoms with Crippen LogP contribution in [0, 0.1) is 6.92 Å². The van der Waals surface area contributed by atoms with E-state index in [2.05, 4.69) is 0 Å². The molecule has 31 heavy (non-hydrogen) atoms. The second-order valence-electron chi connectivity index (χ2n) is 7.85. The molecular weight excluding hydrogens is 410 g/mol. The average molecular weight is 432 g/mol. The number of halogens is 1. The molecule has 0 N–H and O–H groups in total. The summed E-state index contributed by atoms with van der Waals surface area (Å²) in [4.78, 5) is 13.2. The van der Waals surface area contributed by atoms with Gasteiger partial charge in [-0.15, -0.1) is 5.10 Å². The topological polar surface area (TPSA) is 49.0 Å². The fourth-order valence-electron chi connectivity index (χ4n) is 3.67. The maximum Gasteiger partial charge on any atom is 0.346 e. The van der Waals surface area contributed by atoms with Gasteiger partial charge in [-0.1, -0.05) is 48.0 Å². The highest BCUT2D eigenvalue weighted by Gasteiger charge is 2.30. The van der Waals surface area contributed by atoms with Gasteiger partial charge in [-0.25, -0.2) is 9.48 Å². The molecule has 0 radical (unpaired) electrons. The van der Waals surface area contributed by atoms with Gasteiger partial charge in [0, 0.05) is 22.2 Å². The van der Waals surface area contributed by atoms with E-state index in [0.717, 1.165) is 41.0 Å². The van der Waals surface area contributed by atoms with Gasteiger partial charge in [0.15, 0.2) is 5.82 Å². The van der Waals surface area contributed by atoms with Crippen molar-refractivity contribution in [2.45, 2.75) is 32.4 Å². The molecule has 156 valence electrons. The van der Waals surface area contributed by atoms with Gasteiger partial charge in [0.05, 0.1) is 6.54 Å². The summed E-state index contributed by atoms with van der Waals surface area (Å²) in [5.41, 5.74) is 2.74. The van der Waals surface area contributed by atoms with E-state index in [1.54, 1.807) is 0 Å². The van der Waals surface area contributed by atoms with E-state index in [1.165, 1.54) is 4.68 Å². The molecule has 1 aliphatic rings. The molecule has 0 bridgehead atoms. The molecule has 0 saturated heterocycles. The van der Waals surface area contributed by atoms with Gasteiger partial charge in [-0.3, -0.25) is 4.57 Å². The lowest BCUT2D eigenvalue weighted by atomic mass is 10.2. The number of nitrogens with zero attached hydrogens (tertiary/aromatic N) is 3. The minimum absolute atomic E-state index is 0.0989. The molecule has 0 amide bonds. The first-order valence-corrected chi connectivity index (χ1v) is 10.7. The van der Waals surface area contributed by atoms with Gasteiger partial charge in [0.2, 0.25) is 0 Å². The van der Waals surface area contributed by atoms with Crippen molar-refractivity contribution in [3.8, 4) is 22.9 Å². The van der Waals surface area contributed by atoms with Crippen LogP contribution in [0.3, 0.4) is 0 Å². The molecule has 0 spiro atoms. The van der Waals surface area contributed by atoms with Crippen LogP contribution in [-0.2, 0) is 6.54 Å².